The van der Waals surface area contributed by atoms with Crippen LogP contribution in [-0.2, 0) is 29.5 Å². The Morgan fingerprint density at radius 2 is 2.05 bits per heavy atom. The van der Waals surface area contributed by atoms with E-state index in [4.69, 9.17) is 9.47 Å². The topological polar surface area (TPSA) is 72.9 Å². The average Bonchev–Trinajstić information content (AvgIpc) is 2.64. The third kappa shape index (κ3) is 1.45. The molecule has 2 aliphatic heterocycles. The van der Waals surface area contributed by atoms with Crippen molar-refractivity contribution in [1.82, 2.24) is 0 Å². The van der Waals surface area contributed by atoms with E-state index in [1.807, 2.05) is 0 Å². The van der Waals surface area contributed by atoms with Gasteiger partial charge in [-0.2, -0.15) is 0 Å². The highest BCUT2D eigenvalue weighted by Crippen LogP contribution is 2.50. The number of esters is 1. The van der Waals surface area contributed by atoms with Crippen molar-refractivity contribution in [3.8, 4) is 0 Å². The molecule has 0 N–H and O–H groups in total. The quantitative estimate of drug-likeness (QED) is 0.707. The van der Waals surface area contributed by atoms with Gasteiger partial charge in [-0.05, 0) is 6.07 Å². The summed E-state index contributed by atoms with van der Waals surface area (Å²) in [6.07, 6.45) is -0.696. The second-order valence-corrected chi connectivity index (χ2v) is 4.82. The van der Waals surface area contributed by atoms with Crippen molar-refractivity contribution in [2.75, 3.05) is 11.5 Å². The molecule has 2 heterocycles. The van der Waals surface area contributed by atoms with Crippen LogP contribution in [0.3, 0.4) is 0 Å². The molecule has 0 saturated carbocycles. The van der Waals surface area contributed by atoms with E-state index in [1.54, 1.807) is 24.3 Å². The van der Waals surface area contributed by atoms with Crippen LogP contribution >= 0.6 is 0 Å². The van der Waals surface area contributed by atoms with Gasteiger partial charge < -0.3 is 9.47 Å². The number of carbonyl (C=O) groups excluding carboxylic acids is 3. The maximum atomic E-state index is 12.6. The normalized spacial score (nSPS) is 27.2. The molecule has 2 aliphatic rings. The van der Waals surface area contributed by atoms with E-state index in [0.29, 0.717) is 11.3 Å². The lowest BCUT2D eigenvalue weighted by Gasteiger charge is -2.43. The Kier molecular flexibility index (Phi) is 2.65. The molecule has 0 aliphatic carbocycles. The van der Waals surface area contributed by atoms with Crippen LogP contribution in [0.15, 0.2) is 24.3 Å². The highest BCUT2D eigenvalue weighted by molar-refractivity contribution is 6.22. The number of para-hydroxylation sites is 1. The zero-order valence-electron chi connectivity index (χ0n) is 11.1. The van der Waals surface area contributed by atoms with Gasteiger partial charge in [-0.25, -0.2) is 4.90 Å². The summed E-state index contributed by atoms with van der Waals surface area (Å²) < 4.78 is 10.6. The van der Waals surface area contributed by atoms with Gasteiger partial charge in [0.05, 0.1) is 12.3 Å². The van der Waals surface area contributed by atoms with E-state index >= 15 is 0 Å². The first-order chi connectivity index (χ1) is 9.48. The zero-order valence-corrected chi connectivity index (χ0v) is 11.1. The molecule has 2 amide bonds. The van der Waals surface area contributed by atoms with E-state index < -0.39 is 29.5 Å². The summed E-state index contributed by atoms with van der Waals surface area (Å²) in [5, 5.41) is 0. The minimum atomic E-state index is -1.37. The number of ether oxygens (including phenoxy) is 2. The molecule has 6 nitrogen and oxygen atoms in total. The van der Waals surface area contributed by atoms with Gasteiger partial charge in [-0.15, -0.1) is 0 Å². The van der Waals surface area contributed by atoms with Crippen LogP contribution < -0.4 is 4.90 Å². The molecular formula is C14H13NO5. The molecule has 1 aromatic carbocycles. The molecule has 1 aromatic rings. The molecule has 1 saturated heterocycles. The van der Waals surface area contributed by atoms with Crippen molar-refractivity contribution < 1.29 is 23.9 Å². The predicted molar refractivity (Wildman–Crippen MR) is 67.8 cm³/mol. The van der Waals surface area contributed by atoms with Crippen molar-refractivity contribution in [2.24, 2.45) is 0 Å². The molecule has 0 radical (unpaired) electrons. The Labute approximate surface area is 115 Å². The number of imide groups is 1. The molecule has 104 valence electrons. The lowest BCUT2D eigenvalue weighted by molar-refractivity contribution is -0.244. The number of rotatable bonds is 1. The summed E-state index contributed by atoms with van der Waals surface area (Å²) in [4.78, 5) is 36.5. The molecule has 1 spiro atoms. The minimum absolute atomic E-state index is 0.144. The average molecular weight is 275 g/mol. The third-order valence-electron chi connectivity index (χ3n) is 3.60. The van der Waals surface area contributed by atoms with Crippen LogP contribution in [0.4, 0.5) is 5.69 Å². The molecule has 0 bridgehead atoms. The van der Waals surface area contributed by atoms with E-state index in [-0.39, 0.29) is 6.61 Å². The monoisotopic (exact) mass is 275 g/mol. The summed E-state index contributed by atoms with van der Waals surface area (Å²) in [6.45, 7) is 2.73. The standard InChI is InChI=1S/C14H13NO5/c1-8(16)15-11-6-4-3-5-10(11)14(13(15)18)12(7-19-14)20-9(2)17/h3-6,12H,7H2,1-2H3/t12-,14-/m0/s1. The smallest absolute Gasteiger partial charge is 0.303 e. The Morgan fingerprint density at radius 1 is 1.35 bits per heavy atom. The summed E-state index contributed by atoms with van der Waals surface area (Å²) >= 11 is 0. The maximum Gasteiger partial charge on any atom is 0.303 e. The Balaban J connectivity index is 2.11. The van der Waals surface area contributed by atoms with Crippen LogP contribution in [0.25, 0.3) is 0 Å². The first kappa shape index (κ1) is 12.8. The highest BCUT2D eigenvalue weighted by atomic mass is 16.6. The third-order valence-corrected chi connectivity index (χ3v) is 3.60. The second-order valence-electron chi connectivity index (χ2n) is 4.82. The van der Waals surface area contributed by atoms with Gasteiger partial charge in [0.2, 0.25) is 11.5 Å². The minimum Gasteiger partial charge on any atom is -0.456 e. The summed E-state index contributed by atoms with van der Waals surface area (Å²) in [6, 6.07) is 6.88. The van der Waals surface area contributed by atoms with E-state index in [1.165, 1.54) is 13.8 Å². The fourth-order valence-corrected chi connectivity index (χ4v) is 2.77. The van der Waals surface area contributed by atoms with Gasteiger partial charge in [-0.3, -0.25) is 14.4 Å². The van der Waals surface area contributed by atoms with Gasteiger partial charge in [0.15, 0.2) is 6.10 Å². The number of fused-ring (bicyclic) bond motifs is 2. The second kappa shape index (κ2) is 4.14. The van der Waals surface area contributed by atoms with Crippen LogP contribution in [0, 0.1) is 0 Å². The maximum absolute atomic E-state index is 12.6. The number of benzene rings is 1. The van der Waals surface area contributed by atoms with E-state index in [0.717, 1.165) is 4.90 Å². The molecule has 0 aromatic heterocycles. The predicted octanol–water partition coefficient (Wildman–Crippen LogP) is 0.737. The molecule has 1 fully saturated rings. The summed E-state index contributed by atoms with van der Waals surface area (Å²) in [7, 11) is 0. The van der Waals surface area contributed by atoms with Crippen LogP contribution in [0.1, 0.15) is 19.4 Å². The summed E-state index contributed by atoms with van der Waals surface area (Å²) in [5.41, 5.74) is -0.312. The van der Waals surface area contributed by atoms with Crippen molar-refractivity contribution in [2.45, 2.75) is 25.6 Å². The number of amides is 2. The number of carbonyl (C=O) groups is 3. The molecular weight excluding hydrogens is 262 g/mol. The van der Waals surface area contributed by atoms with Gasteiger partial charge in [0.1, 0.15) is 0 Å². The van der Waals surface area contributed by atoms with Crippen molar-refractivity contribution in [3.05, 3.63) is 29.8 Å². The molecule has 20 heavy (non-hydrogen) atoms. The molecule has 0 unspecified atom stereocenters. The van der Waals surface area contributed by atoms with Gasteiger partial charge in [0.25, 0.3) is 5.91 Å². The van der Waals surface area contributed by atoms with E-state index in [2.05, 4.69) is 0 Å². The number of hydrogen-bond acceptors (Lipinski definition) is 5. The molecule has 3 rings (SSSR count). The first-order valence-corrected chi connectivity index (χ1v) is 6.24. The zero-order chi connectivity index (χ0) is 14.5. The Bertz CT molecular complexity index is 626. The highest BCUT2D eigenvalue weighted by Gasteiger charge is 2.65. The van der Waals surface area contributed by atoms with Gasteiger partial charge >= 0.3 is 5.97 Å². The van der Waals surface area contributed by atoms with Crippen LogP contribution in [-0.4, -0.2) is 30.5 Å². The van der Waals surface area contributed by atoms with Crippen molar-refractivity contribution in [3.63, 3.8) is 0 Å². The van der Waals surface area contributed by atoms with Crippen molar-refractivity contribution in [1.29, 1.82) is 0 Å². The largest absolute Gasteiger partial charge is 0.456 e. The van der Waals surface area contributed by atoms with E-state index in [9.17, 15) is 14.4 Å². The number of anilines is 1. The van der Waals surface area contributed by atoms with Crippen LogP contribution in [0.2, 0.25) is 0 Å². The fraction of sp³-hybridized carbons (Fsp3) is 0.357. The number of hydrogen-bond donors (Lipinski definition) is 0. The van der Waals surface area contributed by atoms with Gasteiger partial charge in [0, 0.05) is 19.4 Å². The fourth-order valence-electron chi connectivity index (χ4n) is 2.77. The lowest BCUT2D eigenvalue weighted by atomic mass is 9.85. The summed E-state index contributed by atoms with van der Waals surface area (Å²) in [5.74, 6) is -1.37. The van der Waals surface area contributed by atoms with Crippen LogP contribution in [0.5, 0.6) is 0 Å². The molecule has 6 heteroatoms. The number of nitrogens with zero attached hydrogens (tertiary/aromatic N) is 1. The Morgan fingerprint density at radius 3 is 2.60 bits per heavy atom. The molecule has 2 atom stereocenters. The lowest BCUT2D eigenvalue weighted by Crippen LogP contribution is -2.62. The first-order valence-electron chi connectivity index (χ1n) is 6.24. The SMILES string of the molecule is CC(=O)O[C@H]1CO[C@]12C(=O)N(C(C)=O)c1ccccc12. The Hall–Kier alpha value is -2.21. The van der Waals surface area contributed by atoms with Crippen molar-refractivity contribution >= 4 is 23.5 Å². The van der Waals surface area contributed by atoms with Gasteiger partial charge in [-0.1, -0.05) is 18.2 Å².